The molecule has 0 aliphatic heterocycles. The van der Waals surface area contributed by atoms with Crippen molar-refractivity contribution in [1.82, 2.24) is 0 Å². The molecule has 0 atom stereocenters. The van der Waals surface area contributed by atoms with Crippen LogP contribution in [0.1, 0.15) is 32.8 Å². The Morgan fingerprint density at radius 2 is 1.88 bits per heavy atom. The van der Waals surface area contributed by atoms with Crippen molar-refractivity contribution >= 4 is 5.69 Å². The lowest BCUT2D eigenvalue weighted by Gasteiger charge is -2.23. The van der Waals surface area contributed by atoms with Gasteiger partial charge >= 0.3 is 0 Å². The molecule has 0 bridgehead atoms. The molecule has 0 radical (unpaired) electrons. The summed E-state index contributed by atoms with van der Waals surface area (Å²) < 4.78 is 5.04. The van der Waals surface area contributed by atoms with E-state index in [4.69, 9.17) is 4.74 Å². The first-order valence-corrected chi connectivity index (χ1v) is 5.88. The summed E-state index contributed by atoms with van der Waals surface area (Å²) in [4.78, 5) is 0. The second-order valence-electron chi connectivity index (χ2n) is 5.07. The molecule has 90 valence electrons. The van der Waals surface area contributed by atoms with E-state index in [9.17, 15) is 0 Å². The highest BCUT2D eigenvalue weighted by atomic mass is 16.5. The standard InChI is InChI=1S/C14H23NO/c1-14(2,3)12-8-5-6-9-13(12)15-10-7-11-16-4/h5-6,8-9,15H,7,10-11H2,1-4H3. The smallest absolute Gasteiger partial charge is 0.0479 e. The third-order valence-electron chi connectivity index (χ3n) is 2.58. The number of benzene rings is 1. The summed E-state index contributed by atoms with van der Waals surface area (Å²) in [6.07, 6.45) is 1.04. The molecule has 0 spiro atoms. The molecule has 0 amide bonds. The van der Waals surface area contributed by atoms with Gasteiger partial charge in [0.15, 0.2) is 0 Å². The Morgan fingerprint density at radius 3 is 2.50 bits per heavy atom. The minimum atomic E-state index is 0.185. The van der Waals surface area contributed by atoms with Crippen molar-refractivity contribution in [3.63, 3.8) is 0 Å². The van der Waals surface area contributed by atoms with E-state index in [0.717, 1.165) is 19.6 Å². The molecule has 0 unspecified atom stereocenters. The average molecular weight is 221 g/mol. The number of methoxy groups -OCH3 is 1. The highest BCUT2D eigenvalue weighted by Gasteiger charge is 2.16. The maximum absolute atomic E-state index is 5.04. The second-order valence-corrected chi connectivity index (χ2v) is 5.07. The molecule has 2 nitrogen and oxygen atoms in total. The highest BCUT2D eigenvalue weighted by molar-refractivity contribution is 5.54. The molecule has 0 aromatic heterocycles. The summed E-state index contributed by atoms with van der Waals surface area (Å²) >= 11 is 0. The molecule has 1 aromatic carbocycles. The fourth-order valence-electron chi connectivity index (χ4n) is 1.73. The lowest BCUT2D eigenvalue weighted by atomic mass is 9.86. The van der Waals surface area contributed by atoms with Crippen LogP contribution >= 0.6 is 0 Å². The number of nitrogens with one attached hydrogen (secondary N) is 1. The largest absolute Gasteiger partial charge is 0.385 e. The van der Waals surface area contributed by atoms with Gasteiger partial charge in [0.05, 0.1) is 0 Å². The highest BCUT2D eigenvalue weighted by Crippen LogP contribution is 2.28. The van der Waals surface area contributed by atoms with Gasteiger partial charge in [-0.1, -0.05) is 39.0 Å². The van der Waals surface area contributed by atoms with Crippen LogP contribution in [0, 0.1) is 0 Å². The van der Waals surface area contributed by atoms with Crippen LogP contribution in [-0.2, 0) is 10.2 Å². The van der Waals surface area contributed by atoms with E-state index >= 15 is 0 Å². The van der Waals surface area contributed by atoms with Gasteiger partial charge in [-0.2, -0.15) is 0 Å². The van der Waals surface area contributed by atoms with Gasteiger partial charge in [0.25, 0.3) is 0 Å². The van der Waals surface area contributed by atoms with Crippen LogP contribution in [0.5, 0.6) is 0 Å². The maximum Gasteiger partial charge on any atom is 0.0479 e. The molecular formula is C14H23NO. The summed E-state index contributed by atoms with van der Waals surface area (Å²) in [7, 11) is 1.74. The monoisotopic (exact) mass is 221 g/mol. The van der Waals surface area contributed by atoms with Crippen LogP contribution in [0.15, 0.2) is 24.3 Å². The van der Waals surface area contributed by atoms with Crippen molar-refractivity contribution in [3.05, 3.63) is 29.8 Å². The van der Waals surface area contributed by atoms with Crippen LogP contribution < -0.4 is 5.32 Å². The Balaban J connectivity index is 2.65. The molecule has 0 aliphatic carbocycles. The summed E-state index contributed by atoms with van der Waals surface area (Å²) in [6.45, 7) is 8.49. The van der Waals surface area contributed by atoms with Gasteiger partial charge in [0.2, 0.25) is 0 Å². The molecule has 1 N–H and O–H groups in total. The minimum Gasteiger partial charge on any atom is -0.385 e. The lowest BCUT2D eigenvalue weighted by molar-refractivity contribution is 0.198. The Labute approximate surface area is 99.0 Å². The van der Waals surface area contributed by atoms with E-state index in [1.165, 1.54) is 11.3 Å². The molecular weight excluding hydrogens is 198 g/mol. The van der Waals surface area contributed by atoms with Crippen molar-refractivity contribution in [2.75, 3.05) is 25.6 Å². The summed E-state index contributed by atoms with van der Waals surface area (Å²) in [6, 6.07) is 8.51. The van der Waals surface area contributed by atoms with Crippen molar-refractivity contribution in [2.45, 2.75) is 32.6 Å². The van der Waals surface area contributed by atoms with Gasteiger partial charge in [-0.15, -0.1) is 0 Å². The van der Waals surface area contributed by atoms with Crippen molar-refractivity contribution in [1.29, 1.82) is 0 Å². The van der Waals surface area contributed by atoms with Crippen LogP contribution in [0.25, 0.3) is 0 Å². The molecule has 0 aliphatic rings. The normalized spacial score (nSPS) is 11.5. The molecule has 1 aromatic rings. The van der Waals surface area contributed by atoms with E-state index in [0.29, 0.717) is 0 Å². The fourth-order valence-corrected chi connectivity index (χ4v) is 1.73. The van der Waals surface area contributed by atoms with Gasteiger partial charge < -0.3 is 10.1 Å². The summed E-state index contributed by atoms with van der Waals surface area (Å²) in [5.41, 5.74) is 2.80. The van der Waals surface area contributed by atoms with E-state index in [-0.39, 0.29) is 5.41 Å². The van der Waals surface area contributed by atoms with Crippen LogP contribution in [0.4, 0.5) is 5.69 Å². The molecule has 0 saturated heterocycles. The third kappa shape index (κ3) is 3.86. The number of anilines is 1. The summed E-state index contributed by atoms with van der Waals surface area (Å²) in [5, 5.41) is 3.47. The first-order valence-electron chi connectivity index (χ1n) is 5.88. The predicted octanol–water partition coefficient (Wildman–Crippen LogP) is 3.43. The van der Waals surface area contributed by atoms with Crippen LogP contribution in [0.3, 0.4) is 0 Å². The average Bonchev–Trinajstić information content (AvgIpc) is 2.24. The zero-order valence-electron chi connectivity index (χ0n) is 10.8. The van der Waals surface area contributed by atoms with Gasteiger partial charge in [-0.05, 0) is 23.5 Å². The molecule has 0 fully saturated rings. The lowest BCUT2D eigenvalue weighted by Crippen LogP contribution is -2.15. The Bertz CT molecular complexity index is 315. The van der Waals surface area contributed by atoms with Gasteiger partial charge in [-0.25, -0.2) is 0 Å². The van der Waals surface area contributed by atoms with Crippen LogP contribution in [0.2, 0.25) is 0 Å². The Hall–Kier alpha value is -1.02. The zero-order valence-corrected chi connectivity index (χ0v) is 10.8. The Kier molecular flexibility index (Phi) is 4.81. The van der Waals surface area contributed by atoms with Gasteiger partial charge in [0, 0.05) is 25.9 Å². The van der Waals surface area contributed by atoms with Gasteiger partial charge in [0.1, 0.15) is 0 Å². The molecule has 16 heavy (non-hydrogen) atoms. The van der Waals surface area contributed by atoms with Crippen molar-refractivity contribution in [3.8, 4) is 0 Å². The number of hydrogen-bond acceptors (Lipinski definition) is 2. The topological polar surface area (TPSA) is 21.3 Å². The van der Waals surface area contributed by atoms with E-state index < -0.39 is 0 Å². The molecule has 1 rings (SSSR count). The zero-order chi connectivity index (χ0) is 12.0. The second kappa shape index (κ2) is 5.90. The van der Waals surface area contributed by atoms with Crippen molar-refractivity contribution < 1.29 is 4.74 Å². The maximum atomic E-state index is 5.04. The van der Waals surface area contributed by atoms with Crippen LogP contribution in [-0.4, -0.2) is 20.3 Å². The number of hydrogen-bond donors (Lipinski definition) is 1. The predicted molar refractivity (Wildman–Crippen MR) is 70.1 cm³/mol. The van der Waals surface area contributed by atoms with E-state index in [1.807, 2.05) is 0 Å². The Morgan fingerprint density at radius 1 is 1.19 bits per heavy atom. The molecule has 2 heteroatoms. The molecule has 0 saturated carbocycles. The molecule has 0 heterocycles. The van der Waals surface area contributed by atoms with Gasteiger partial charge in [-0.3, -0.25) is 0 Å². The number of ether oxygens (including phenoxy) is 1. The summed E-state index contributed by atoms with van der Waals surface area (Å²) in [5.74, 6) is 0. The van der Waals surface area contributed by atoms with E-state index in [2.05, 4.69) is 50.4 Å². The number of para-hydroxylation sites is 1. The quantitative estimate of drug-likeness (QED) is 0.769. The first-order chi connectivity index (χ1) is 7.55. The fraction of sp³-hybridized carbons (Fsp3) is 0.571. The van der Waals surface area contributed by atoms with E-state index in [1.54, 1.807) is 7.11 Å². The minimum absolute atomic E-state index is 0.185. The first kappa shape index (κ1) is 13.0. The number of rotatable bonds is 5. The SMILES string of the molecule is COCCCNc1ccccc1C(C)(C)C. The van der Waals surface area contributed by atoms with Crippen molar-refractivity contribution in [2.24, 2.45) is 0 Å². The third-order valence-corrected chi connectivity index (χ3v) is 2.58.